The van der Waals surface area contributed by atoms with Gasteiger partial charge in [0.25, 0.3) is 5.91 Å². The van der Waals surface area contributed by atoms with Crippen molar-refractivity contribution in [3.8, 4) is 0 Å². The first-order valence-electron chi connectivity index (χ1n) is 11.3. The Morgan fingerprint density at radius 2 is 1.68 bits per heavy atom. The van der Waals surface area contributed by atoms with Crippen LogP contribution in [-0.2, 0) is 0 Å². The molecule has 0 radical (unpaired) electrons. The van der Waals surface area contributed by atoms with E-state index in [1.54, 1.807) is 42.9 Å². The second kappa shape index (κ2) is 11.0. The fourth-order valence-electron chi connectivity index (χ4n) is 3.63. The fourth-order valence-corrected chi connectivity index (χ4v) is 4.91. The minimum absolute atomic E-state index is 0.258. The van der Waals surface area contributed by atoms with Gasteiger partial charge in [-0.15, -0.1) is 22.7 Å². The van der Waals surface area contributed by atoms with Crippen LogP contribution in [0.25, 0.3) is 0 Å². The molecule has 0 saturated carbocycles. The number of thiophene rings is 1. The normalized spacial score (nSPS) is 10.5. The largest absolute Gasteiger partial charge is 0.324 e. The third kappa shape index (κ3) is 5.83. The number of nitrogens with one attached hydrogen (secondary N) is 3. The highest BCUT2D eigenvalue weighted by atomic mass is 32.1. The molecule has 37 heavy (non-hydrogen) atoms. The summed E-state index contributed by atoms with van der Waals surface area (Å²) in [6.07, 6.45) is 5.26. The maximum Gasteiger partial charge on any atom is 0.324 e. The van der Waals surface area contributed by atoms with Crippen molar-refractivity contribution in [3.63, 3.8) is 0 Å². The van der Waals surface area contributed by atoms with E-state index in [4.69, 9.17) is 0 Å². The predicted octanol–water partition coefficient (Wildman–Crippen LogP) is 7.27. The summed E-state index contributed by atoms with van der Waals surface area (Å²) < 4.78 is 0. The summed E-state index contributed by atoms with van der Waals surface area (Å²) in [5, 5.41) is 13.8. The first kappa shape index (κ1) is 24.2. The number of rotatable bonds is 7. The van der Waals surface area contributed by atoms with Crippen LogP contribution in [0.4, 0.5) is 37.7 Å². The summed E-state index contributed by atoms with van der Waals surface area (Å²) in [6, 6.07) is 19.7. The lowest BCUT2D eigenvalue weighted by Crippen LogP contribution is -2.19. The molecule has 3 amide bonds. The predicted molar refractivity (Wildman–Crippen MR) is 151 cm³/mol. The lowest BCUT2D eigenvalue weighted by Gasteiger charge is -2.24. The molecule has 0 bridgehead atoms. The molecule has 10 heteroatoms. The first-order chi connectivity index (χ1) is 18.1. The highest BCUT2D eigenvalue weighted by Gasteiger charge is 2.18. The van der Waals surface area contributed by atoms with Gasteiger partial charge in [-0.3, -0.25) is 20.0 Å². The van der Waals surface area contributed by atoms with Gasteiger partial charge in [-0.25, -0.2) is 9.78 Å². The van der Waals surface area contributed by atoms with E-state index in [1.807, 2.05) is 65.0 Å². The fraction of sp³-hybridized carbons (Fsp3) is 0.0370. The minimum Gasteiger partial charge on any atom is -0.322 e. The third-order valence-electron chi connectivity index (χ3n) is 5.39. The number of carbonyl (C=O) groups excluding carboxylic acids is 2. The summed E-state index contributed by atoms with van der Waals surface area (Å²) in [5.74, 6) is -0.258. The Morgan fingerprint density at radius 1 is 0.838 bits per heavy atom. The molecule has 0 atom stereocenters. The van der Waals surface area contributed by atoms with Crippen molar-refractivity contribution in [1.29, 1.82) is 0 Å². The number of anilines is 6. The zero-order valence-electron chi connectivity index (χ0n) is 19.7. The van der Waals surface area contributed by atoms with Gasteiger partial charge in [0.1, 0.15) is 0 Å². The maximum absolute atomic E-state index is 13.0. The highest BCUT2D eigenvalue weighted by molar-refractivity contribution is 7.14. The zero-order valence-corrected chi connectivity index (χ0v) is 21.3. The van der Waals surface area contributed by atoms with Gasteiger partial charge < -0.3 is 10.6 Å². The Balaban J connectivity index is 1.31. The van der Waals surface area contributed by atoms with Crippen LogP contribution in [0.15, 0.2) is 96.1 Å². The van der Waals surface area contributed by atoms with E-state index in [0.717, 1.165) is 27.1 Å². The molecular weight excluding hydrogens is 504 g/mol. The molecule has 0 saturated heterocycles. The van der Waals surface area contributed by atoms with E-state index in [9.17, 15) is 9.59 Å². The standard InChI is InChI=1S/C27H22N6O2S2/c1-18-6-9-21(16-23(18)33(27-29-13-15-37-27)22-4-2-12-28-17-22)30-25(34)19-7-10-20(11-8-19)31-26(35)32-24-5-3-14-36-24/h2-17H,1H3,(H,30,34)(H2,31,32,35). The smallest absolute Gasteiger partial charge is 0.322 e. The minimum atomic E-state index is -0.342. The highest BCUT2D eigenvalue weighted by Crippen LogP contribution is 2.38. The van der Waals surface area contributed by atoms with E-state index in [1.165, 1.54) is 22.7 Å². The molecule has 184 valence electrons. The Hall–Kier alpha value is -4.54. The Bertz CT molecular complexity index is 1490. The molecule has 0 unspecified atom stereocenters. The number of pyridine rings is 1. The molecule has 5 aromatic rings. The Morgan fingerprint density at radius 3 is 2.38 bits per heavy atom. The van der Waals surface area contributed by atoms with Crippen LogP contribution < -0.4 is 20.9 Å². The molecular formula is C27H22N6O2S2. The summed E-state index contributed by atoms with van der Waals surface area (Å²) in [5.41, 5.74) is 4.48. The van der Waals surface area contributed by atoms with Crippen LogP contribution in [0.2, 0.25) is 0 Å². The van der Waals surface area contributed by atoms with E-state index >= 15 is 0 Å². The number of carbonyl (C=O) groups is 2. The van der Waals surface area contributed by atoms with Crippen molar-refractivity contribution in [2.45, 2.75) is 6.92 Å². The molecule has 0 fully saturated rings. The van der Waals surface area contributed by atoms with Gasteiger partial charge in [0.15, 0.2) is 5.13 Å². The summed E-state index contributed by atoms with van der Waals surface area (Å²) in [7, 11) is 0. The van der Waals surface area contributed by atoms with E-state index in [2.05, 4.69) is 25.9 Å². The van der Waals surface area contributed by atoms with Gasteiger partial charge in [0, 0.05) is 34.7 Å². The third-order valence-corrected chi connectivity index (χ3v) is 6.93. The van der Waals surface area contributed by atoms with Crippen molar-refractivity contribution in [2.75, 3.05) is 20.9 Å². The molecule has 3 aromatic heterocycles. The molecule has 0 spiro atoms. The average Bonchev–Trinajstić information content (AvgIpc) is 3.62. The van der Waals surface area contributed by atoms with Crippen LogP contribution in [0, 0.1) is 6.92 Å². The lowest BCUT2D eigenvalue weighted by molar-refractivity contribution is 0.102. The van der Waals surface area contributed by atoms with Crippen LogP contribution in [0.3, 0.4) is 0 Å². The van der Waals surface area contributed by atoms with E-state index in [-0.39, 0.29) is 11.9 Å². The Kier molecular flexibility index (Phi) is 7.20. The summed E-state index contributed by atoms with van der Waals surface area (Å²) >= 11 is 2.95. The molecule has 8 nitrogen and oxygen atoms in total. The second-order valence-electron chi connectivity index (χ2n) is 7.95. The van der Waals surface area contributed by atoms with Crippen molar-refractivity contribution in [3.05, 3.63) is 107 Å². The summed E-state index contributed by atoms with van der Waals surface area (Å²) in [4.78, 5) is 35.9. The number of amides is 3. The number of aromatic nitrogens is 2. The van der Waals surface area contributed by atoms with Gasteiger partial charge in [-0.2, -0.15) is 0 Å². The van der Waals surface area contributed by atoms with Crippen LogP contribution in [-0.4, -0.2) is 21.9 Å². The molecule has 3 N–H and O–H groups in total. The van der Waals surface area contributed by atoms with Crippen molar-refractivity contribution < 1.29 is 9.59 Å². The maximum atomic E-state index is 13.0. The molecule has 0 aliphatic carbocycles. The van der Waals surface area contributed by atoms with Gasteiger partial charge in [0.2, 0.25) is 0 Å². The number of thiazole rings is 1. The number of aryl methyl sites for hydroxylation is 1. The van der Waals surface area contributed by atoms with Gasteiger partial charge in [-0.1, -0.05) is 6.07 Å². The average molecular weight is 527 g/mol. The van der Waals surface area contributed by atoms with Crippen LogP contribution >= 0.6 is 22.7 Å². The number of nitrogens with zero attached hydrogens (tertiary/aromatic N) is 3. The van der Waals surface area contributed by atoms with Gasteiger partial charge >= 0.3 is 6.03 Å². The van der Waals surface area contributed by atoms with Gasteiger partial charge in [-0.05, 0) is 78.5 Å². The molecule has 0 aliphatic heterocycles. The van der Waals surface area contributed by atoms with E-state index in [0.29, 0.717) is 16.9 Å². The second-order valence-corrected chi connectivity index (χ2v) is 9.77. The van der Waals surface area contributed by atoms with Crippen molar-refractivity contribution in [2.24, 2.45) is 0 Å². The van der Waals surface area contributed by atoms with Crippen molar-refractivity contribution in [1.82, 2.24) is 9.97 Å². The Labute approximate surface area is 221 Å². The van der Waals surface area contributed by atoms with Crippen LogP contribution in [0.5, 0.6) is 0 Å². The van der Waals surface area contributed by atoms with Crippen LogP contribution in [0.1, 0.15) is 15.9 Å². The molecule has 0 aliphatic rings. The lowest BCUT2D eigenvalue weighted by atomic mass is 10.1. The zero-order chi connectivity index (χ0) is 25.6. The quantitative estimate of drug-likeness (QED) is 0.207. The molecule has 2 aromatic carbocycles. The SMILES string of the molecule is Cc1ccc(NC(=O)c2ccc(NC(=O)Nc3cccs3)cc2)cc1N(c1cccnc1)c1nccs1. The summed E-state index contributed by atoms with van der Waals surface area (Å²) in [6.45, 7) is 2.01. The number of hydrogen-bond donors (Lipinski definition) is 3. The molecule has 5 rings (SSSR count). The topological polar surface area (TPSA) is 99.2 Å². The van der Waals surface area contributed by atoms with Crippen molar-refractivity contribution >= 4 is 67.5 Å². The molecule has 3 heterocycles. The number of hydrogen-bond acceptors (Lipinski definition) is 7. The number of urea groups is 1. The monoisotopic (exact) mass is 526 g/mol. The van der Waals surface area contributed by atoms with Gasteiger partial charge in [0.05, 0.1) is 22.6 Å². The number of benzene rings is 2. The van der Waals surface area contributed by atoms with E-state index < -0.39 is 0 Å². The first-order valence-corrected chi connectivity index (χ1v) is 13.1.